The van der Waals surface area contributed by atoms with Gasteiger partial charge in [0.25, 0.3) is 5.56 Å². The van der Waals surface area contributed by atoms with Crippen LogP contribution < -0.4 is 15.9 Å². The first-order valence-corrected chi connectivity index (χ1v) is 11.9. The van der Waals surface area contributed by atoms with Gasteiger partial charge >= 0.3 is 12.1 Å². The summed E-state index contributed by atoms with van der Waals surface area (Å²) < 4.78 is 26.9. The zero-order chi connectivity index (χ0) is 25.5. The predicted molar refractivity (Wildman–Crippen MR) is 127 cm³/mol. The Morgan fingerprint density at radius 1 is 1.23 bits per heavy atom. The van der Waals surface area contributed by atoms with Gasteiger partial charge in [0.15, 0.2) is 5.82 Å². The lowest BCUT2D eigenvalue weighted by Crippen LogP contribution is -2.36. The van der Waals surface area contributed by atoms with E-state index in [2.05, 4.69) is 5.48 Å². The number of nitrogens with zero attached hydrogens (tertiary/aromatic N) is 2. The second-order valence-corrected chi connectivity index (χ2v) is 10.1. The van der Waals surface area contributed by atoms with Crippen molar-refractivity contribution in [3.8, 4) is 0 Å². The minimum absolute atomic E-state index is 0.0827. The third-order valence-corrected chi connectivity index (χ3v) is 6.12. The van der Waals surface area contributed by atoms with Gasteiger partial charge in [-0.3, -0.25) is 14.0 Å². The Labute approximate surface area is 203 Å². The van der Waals surface area contributed by atoms with E-state index in [0.717, 1.165) is 24.6 Å². The van der Waals surface area contributed by atoms with Crippen LogP contribution in [-0.4, -0.2) is 47.9 Å². The minimum Gasteiger partial charge on any atom is -0.462 e. The van der Waals surface area contributed by atoms with Gasteiger partial charge in [0.1, 0.15) is 17.3 Å². The highest BCUT2D eigenvalue weighted by Crippen LogP contribution is 2.44. The van der Waals surface area contributed by atoms with Gasteiger partial charge in [0, 0.05) is 13.1 Å². The number of fused-ring (bicyclic) bond motifs is 1. The average molecular weight is 490 g/mol. The third-order valence-electron chi connectivity index (χ3n) is 6.12. The van der Waals surface area contributed by atoms with Crippen LogP contribution in [0.1, 0.15) is 74.4 Å². The lowest BCUT2D eigenvalue weighted by Gasteiger charge is -2.24. The highest BCUT2D eigenvalue weighted by molar-refractivity contribution is 5.90. The lowest BCUT2D eigenvalue weighted by molar-refractivity contribution is -0.0348. The maximum atomic E-state index is 15.4. The van der Waals surface area contributed by atoms with Crippen LogP contribution in [0.2, 0.25) is 0 Å². The Balaban J connectivity index is 1.63. The largest absolute Gasteiger partial charge is 0.462 e. The fourth-order valence-corrected chi connectivity index (χ4v) is 4.55. The normalized spacial score (nSPS) is 18.1. The molecular weight excluding hydrogens is 457 g/mol. The average Bonchev–Trinajstić information content (AvgIpc) is 3.50. The number of amides is 1. The van der Waals surface area contributed by atoms with Crippen molar-refractivity contribution in [2.24, 2.45) is 0 Å². The molecule has 1 N–H and O–H groups in total. The molecule has 1 saturated heterocycles. The van der Waals surface area contributed by atoms with E-state index in [4.69, 9.17) is 14.3 Å². The van der Waals surface area contributed by atoms with Crippen molar-refractivity contribution < 1.29 is 28.3 Å². The molecule has 0 spiro atoms. The molecule has 2 aromatic heterocycles. The molecule has 1 atom stereocenters. The first kappa shape index (κ1) is 25.0. The Kier molecular flexibility index (Phi) is 6.77. The standard InChI is InChI=1S/C25H32FN3O6/c1-6-33-23(31)18-11-17(15-7-8-15)20-14(2)21(19(26)13-29(20)22(18)30)28-10-9-16(12-28)35-27-24(32)34-25(3,4)5/h11,13,15-16H,6-10,12H2,1-5H3,(H,27,32). The van der Waals surface area contributed by atoms with Crippen LogP contribution >= 0.6 is 0 Å². The van der Waals surface area contributed by atoms with E-state index in [0.29, 0.717) is 36.3 Å². The van der Waals surface area contributed by atoms with Crippen molar-refractivity contribution in [2.75, 3.05) is 24.6 Å². The molecule has 1 amide bonds. The summed E-state index contributed by atoms with van der Waals surface area (Å²) in [4.78, 5) is 44.7. The number of nitrogens with one attached hydrogen (secondary N) is 1. The number of carbonyl (C=O) groups excluding carboxylic acids is 2. The molecule has 1 aliphatic carbocycles. The first-order chi connectivity index (χ1) is 16.5. The smallest absolute Gasteiger partial charge is 0.431 e. The van der Waals surface area contributed by atoms with Crippen molar-refractivity contribution in [3.63, 3.8) is 0 Å². The van der Waals surface area contributed by atoms with Crippen LogP contribution in [0.25, 0.3) is 5.52 Å². The van der Waals surface area contributed by atoms with Gasteiger partial charge < -0.3 is 14.4 Å². The highest BCUT2D eigenvalue weighted by Gasteiger charge is 2.33. The second-order valence-electron chi connectivity index (χ2n) is 10.1. The molecule has 0 bridgehead atoms. The van der Waals surface area contributed by atoms with Gasteiger partial charge in [-0.2, -0.15) is 5.48 Å². The number of esters is 1. The van der Waals surface area contributed by atoms with E-state index in [9.17, 15) is 14.4 Å². The van der Waals surface area contributed by atoms with Crippen molar-refractivity contribution in [1.82, 2.24) is 9.88 Å². The van der Waals surface area contributed by atoms with Crippen LogP contribution in [0.4, 0.5) is 14.9 Å². The fourth-order valence-electron chi connectivity index (χ4n) is 4.55. The Morgan fingerprint density at radius 3 is 2.57 bits per heavy atom. The maximum absolute atomic E-state index is 15.4. The predicted octanol–water partition coefficient (Wildman–Crippen LogP) is 3.84. The van der Waals surface area contributed by atoms with E-state index in [1.807, 2.05) is 4.90 Å². The summed E-state index contributed by atoms with van der Waals surface area (Å²) in [6, 6.07) is 1.61. The summed E-state index contributed by atoms with van der Waals surface area (Å²) in [6.45, 7) is 9.74. The zero-order valence-electron chi connectivity index (χ0n) is 20.8. The van der Waals surface area contributed by atoms with Crippen LogP contribution in [0, 0.1) is 12.7 Å². The van der Waals surface area contributed by atoms with E-state index < -0.39 is 29.0 Å². The van der Waals surface area contributed by atoms with Crippen LogP contribution in [0.3, 0.4) is 0 Å². The number of halogens is 1. The Hall–Kier alpha value is -3.14. The SMILES string of the molecule is CCOC(=O)c1cc(C2CC2)c2c(C)c(N3CCC(ONC(=O)OC(C)(C)C)C3)c(F)cn2c1=O. The van der Waals surface area contributed by atoms with E-state index in [-0.39, 0.29) is 24.2 Å². The molecule has 2 aliphatic rings. The number of hydroxylamine groups is 1. The molecule has 35 heavy (non-hydrogen) atoms. The van der Waals surface area contributed by atoms with Crippen molar-refractivity contribution in [3.05, 3.63) is 45.1 Å². The number of pyridine rings is 2. The number of aryl methyl sites for hydroxylation is 1. The Morgan fingerprint density at radius 2 is 1.94 bits per heavy atom. The monoisotopic (exact) mass is 489 g/mol. The maximum Gasteiger partial charge on any atom is 0.431 e. The third kappa shape index (κ3) is 5.27. The second kappa shape index (κ2) is 9.49. The van der Waals surface area contributed by atoms with Crippen molar-refractivity contribution in [1.29, 1.82) is 0 Å². The number of aromatic nitrogens is 1. The molecule has 2 fully saturated rings. The fraction of sp³-hybridized carbons (Fsp3) is 0.560. The summed E-state index contributed by atoms with van der Waals surface area (Å²) in [6.07, 6.45) is 2.58. The molecule has 190 valence electrons. The van der Waals surface area contributed by atoms with E-state index in [1.165, 1.54) is 4.40 Å². The molecule has 4 rings (SSSR count). The molecule has 9 nitrogen and oxygen atoms in total. The summed E-state index contributed by atoms with van der Waals surface area (Å²) in [7, 11) is 0. The summed E-state index contributed by atoms with van der Waals surface area (Å²) >= 11 is 0. The van der Waals surface area contributed by atoms with Crippen LogP contribution in [0.15, 0.2) is 17.1 Å². The van der Waals surface area contributed by atoms with Gasteiger partial charge in [0.2, 0.25) is 0 Å². The lowest BCUT2D eigenvalue weighted by atomic mass is 10.0. The topological polar surface area (TPSA) is 98.6 Å². The molecule has 0 aromatic carbocycles. The summed E-state index contributed by atoms with van der Waals surface area (Å²) in [5.74, 6) is -1.06. The van der Waals surface area contributed by atoms with E-state index in [1.54, 1.807) is 40.7 Å². The van der Waals surface area contributed by atoms with Gasteiger partial charge in [-0.25, -0.2) is 14.0 Å². The number of hydrogen-bond donors (Lipinski definition) is 1. The molecule has 1 unspecified atom stereocenters. The molecule has 1 saturated carbocycles. The van der Waals surface area contributed by atoms with Gasteiger partial charge in [0.05, 0.1) is 24.0 Å². The van der Waals surface area contributed by atoms with Crippen LogP contribution in [0.5, 0.6) is 0 Å². The van der Waals surface area contributed by atoms with Crippen molar-refractivity contribution in [2.45, 2.75) is 71.5 Å². The number of ether oxygens (including phenoxy) is 2. The van der Waals surface area contributed by atoms with Crippen molar-refractivity contribution >= 4 is 23.3 Å². The number of rotatable bonds is 6. The molecular formula is C25H32FN3O6. The molecule has 10 heteroatoms. The minimum atomic E-state index is -0.701. The summed E-state index contributed by atoms with van der Waals surface area (Å²) in [5, 5.41) is 0. The van der Waals surface area contributed by atoms with Gasteiger partial charge in [-0.05, 0) is 77.0 Å². The number of hydrogen-bond acceptors (Lipinski definition) is 7. The van der Waals surface area contributed by atoms with Gasteiger partial charge in [-0.15, -0.1) is 0 Å². The first-order valence-electron chi connectivity index (χ1n) is 11.9. The van der Waals surface area contributed by atoms with Crippen LogP contribution in [-0.2, 0) is 14.3 Å². The zero-order valence-corrected chi connectivity index (χ0v) is 20.8. The molecule has 2 aromatic rings. The molecule has 3 heterocycles. The van der Waals surface area contributed by atoms with Gasteiger partial charge in [-0.1, -0.05) is 0 Å². The number of carbonyl (C=O) groups is 2. The number of anilines is 1. The molecule has 0 radical (unpaired) electrons. The molecule has 1 aliphatic heterocycles. The Bertz CT molecular complexity index is 1210. The highest BCUT2D eigenvalue weighted by atomic mass is 19.1. The summed E-state index contributed by atoms with van der Waals surface area (Å²) in [5.41, 5.74) is 3.47. The quantitative estimate of drug-likeness (QED) is 0.486. The van der Waals surface area contributed by atoms with E-state index >= 15 is 4.39 Å².